The summed E-state index contributed by atoms with van der Waals surface area (Å²) in [6, 6.07) is 17.0. The Balaban J connectivity index is 1.54. The molecule has 5 nitrogen and oxygen atoms in total. The van der Waals surface area contributed by atoms with Gasteiger partial charge in [-0.15, -0.1) is 0 Å². The minimum Gasteiger partial charge on any atom is -0.481 e. The lowest BCUT2D eigenvalue weighted by Gasteiger charge is -2.37. The first-order valence-corrected chi connectivity index (χ1v) is 8.91. The lowest BCUT2D eigenvalue weighted by atomic mass is 10.1. The van der Waals surface area contributed by atoms with Gasteiger partial charge >= 0.3 is 0 Å². The number of rotatable bonds is 5. The largest absolute Gasteiger partial charge is 0.481 e. The number of amides is 1. The van der Waals surface area contributed by atoms with E-state index >= 15 is 0 Å². The Bertz CT molecular complexity index is 751. The van der Waals surface area contributed by atoms with E-state index in [1.807, 2.05) is 59.5 Å². The van der Waals surface area contributed by atoms with Crippen LogP contribution in [-0.4, -0.2) is 48.9 Å². The lowest BCUT2D eigenvalue weighted by molar-refractivity contribution is -0.138. The third kappa shape index (κ3) is 4.23. The maximum absolute atomic E-state index is 12.6. The molecule has 26 heavy (non-hydrogen) atoms. The summed E-state index contributed by atoms with van der Waals surface area (Å²) in [5, 5.41) is 0. The molecular weight excluding hydrogens is 328 g/mol. The fourth-order valence-electron chi connectivity index (χ4n) is 3.10. The topological polar surface area (TPSA) is 49.9 Å². The maximum atomic E-state index is 12.6. The van der Waals surface area contributed by atoms with E-state index in [0.29, 0.717) is 18.8 Å². The van der Waals surface area contributed by atoms with Crippen molar-refractivity contribution in [2.45, 2.75) is 20.0 Å². The summed E-state index contributed by atoms with van der Waals surface area (Å²) in [7, 11) is 0. The number of Topliss-reactive ketones (excluding diaryl/α,β-unsaturated/α-hetero) is 1. The summed E-state index contributed by atoms with van der Waals surface area (Å²) in [6.07, 6.45) is -0.501. The van der Waals surface area contributed by atoms with Crippen LogP contribution in [0.1, 0.15) is 24.2 Å². The summed E-state index contributed by atoms with van der Waals surface area (Å²) < 4.78 is 5.74. The molecule has 1 amide bonds. The number of ketones is 1. The van der Waals surface area contributed by atoms with E-state index in [0.717, 1.165) is 24.3 Å². The summed E-state index contributed by atoms with van der Waals surface area (Å²) in [5.41, 5.74) is 1.80. The first-order chi connectivity index (χ1) is 12.5. The molecule has 0 unspecified atom stereocenters. The van der Waals surface area contributed by atoms with Gasteiger partial charge in [-0.2, -0.15) is 0 Å². The number of piperazine rings is 1. The number of carbonyl (C=O) groups is 2. The fourth-order valence-corrected chi connectivity index (χ4v) is 3.10. The molecule has 3 rings (SSSR count). The molecule has 1 aliphatic heterocycles. The van der Waals surface area contributed by atoms with Gasteiger partial charge < -0.3 is 14.5 Å². The highest BCUT2D eigenvalue weighted by Crippen LogP contribution is 2.19. The number of hydrogen-bond acceptors (Lipinski definition) is 4. The van der Waals surface area contributed by atoms with Crippen LogP contribution < -0.4 is 9.64 Å². The normalized spacial score (nSPS) is 15.5. The molecule has 1 fully saturated rings. The Labute approximate surface area is 154 Å². The first kappa shape index (κ1) is 18.0. The number of para-hydroxylation sites is 1. The van der Waals surface area contributed by atoms with Gasteiger partial charge in [-0.25, -0.2) is 0 Å². The van der Waals surface area contributed by atoms with E-state index in [2.05, 4.69) is 4.90 Å². The van der Waals surface area contributed by atoms with Crippen molar-refractivity contribution in [3.8, 4) is 5.75 Å². The number of anilines is 1. The molecule has 2 aromatic rings. The maximum Gasteiger partial charge on any atom is 0.263 e. The predicted octanol–water partition coefficient (Wildman–Crippen LogP) is 3.01. The average molecular weight is 352 g/mol. The summed E-state index contributed by atoms with van der Waals surface area (Å²) in [4.78, 5) is 28.1. The summed E-state index contributed by atoms with van der Waals surface area (Å²) in [6.45, 7) is 6.22. The van der Waals surface area contributed by atoms with E-state index in [4.69, 9.17) is 4.74 Å². The Morgan fingerprint density at radius 2 is 1.54 bits per heavy atom. The number of hydrogen-bond donors (Lipinski definition) is 0. The van der Waals surface area contributed by atoms with Crippen LogP contribution >= 0.6 is 0 Å². The van der Waals surface area contributed by atoms with Crippen molar-refractivity contribution in [1.82, 2.24) is 4.90 Å². The third-order valence-electron chi connectivity index (χ3n) is 4.63. The Morgan fingerprint density at radius 1 is 0.923 bits per heavy atom. The van der Waals surface area contributed by atoms with Crippen LogP contribution in [0.2, 0.25) is 0 Å². The molecule has 1 heterocycles. The van der Waals surface area contributed by atoms with Crippen molar-refractivity contribution in [3.05, 3.63) is 60.2 Å². The van der Waals surface area contributed by atoms with Crippen molar-refractivity contribution in [3.63, 3.8) is 0 Å². The van der Waals surface area contributed by atoms with Crippen LogP contribution in [0.15, 0.2) is 54.6 Å². The molecule has 1 atom stereocenters. The predicted molar refractivity (Wildman–Crippen MR) is 102 cm³/mol. The molecule has 0 bridgehead atoms. The van der Waals surface area contributed by atoms with Gasteiger partial charge in [-0.05, 0) is 50.2 Å². The van der Waals surface area contributed by atoms with Crippen LogP contribution in [0.4, 0.5) is 5.69 Å². The zero-order valence-electron chi connectivity index (χ0n) is 15.2. The van der Waals surface area contributed by atoms with Crippen molar-refractivity contribution >= 4 is 17.4 Å². The second kappa shape index (κ2) is 8.04. The molecule has 0 N–H and O–H groups in total. The van der Waals surface area contributed by atoms with Crippen molar-refractivity contribution in [2.24, 2.45) is 0 Å². The van der Waals surface area contributed by atoms with Crippen molar-refractivity contribution < 1.29 is 14.3 Å². The van der Waals surface area contributed by atoms with Crippen LogP contribution in [0, 0.1) is 0 Å². The Hall–Kier alpha value is -2.82. The monoisotopic (exact) mass is 352 g/mol. The molecular formula is C21H24N2O3. The van der Waals surface area contributed by atoms with Gasteiger partial charge in [0.15, 0.2) is 11.9 Å². The zero-order chi connectivity index (χ0) is 18.5. The highest BCUT2D eigenvalue weighted by Gasteiger charge is 2.26. The van der Waals surface area contributed by atoms with E-state index in [-0.39, 0.29) is 11.7 Å². The number of benzene rings is 2. The van der Waals surface area contributed by atoms with Crippen LogP contribution in [0.25, 0.3) is 0 Å². The molecule has 0 aliphatic carbocycles. The molecule has 1 saturated heterocycles. The molecule has 0 radical (unpaired) electrons. The molecule has 0 aromatic heterocycles. The summed E-state index contributed by atoms with van der Waals surface area (Å²) in [5.74, 6) is 0.789. The Kier molecular flexibility index (Phi) is 5.56. The molecule has 0 spiro atoms. The number of carbonyl (C=O) groups excluding carboxylic acids is 2. The molecule has 136 valence electrons. The second-order valence-electron chi connectivity index (χ2n) is 6.49. The molecule has 0 saturated carbocycles. The first-order valence-electron chi connectivity index (χ1n) is 8.91. The smallest absolute Gasteiger partial charge is 0.263 e. The van der Waals surface area contributed by atoms with E-state index in [1.54, 1.807) is 13.8 Å². The Morgan fingerprint density at radius 3 is 2.12 bits per heavy atom. The van der Waals surface area contributed by atoms with E-state index in [9.17, 15) is 9.59 Å². The zero-order valence-corrected chi connectivity index (χ0v) is 15.2. The fraction of sp³-hybridized carbons (Fsp3) is 0.333. The molecule has 1 aliphatic rings. The third-order valence-corrected chi connectivity index (χ3v) is 4.63. The minimum absolute atomic E-state index is 0.0143. The van der Waals surface area contributed by atoms with Gasteiger partial charge in [0.1, 0.15) is 5.75 Å². The van der Waals surface area contributed by atoms with Gasteiger partial charge in [-0.3, -0.25) is 9.59 Å². The SMILES string of the molecule is CC(=O)c1ccc(N2CCN(C(=O)[C@@H](C)Oc3ccccc3)CC2)cc1. The standard InChI is InChI=1S/C21H24N2O3/c1-16(24)18-8-10-19(11-9-18)22-12-14-23(15-13-22)21(25)17(2)26-20-6-4-3-5-7-20/h3-11,17H,12-15H2,1-2H3/t17-/m1/s1. The van der Waals surface area contributed by atoms with E-state index in [1.165, 1.54) is 0 Å². The average Bonchev–Trinajstić information content (AvgIpc) is 2.68. The minimum atomic E-state index is -0.501. The quantitative estimate of drug-likeness (QED) is 0.776. The van der Waals surface area contributed by atoms with Crippen molar-refractivity contribution in [1.29, 1.82) is 0 Å². The van der Waals surface area contributed by atoms with Gasteiger partial charge in [0.2, 0.25) is 0 Å². The summed E-state index contributed by atoms with van der Waals surface area (Å²) >= 11 is 0. The lowest BCUT2D eigenvalue weighted by Crippen LogP contribution is -2.52. The highest BCUT2D eigenvalue weighted by molar-refractivity contribution is 5.94. The van der Waals surface area contributed by atoms with Crippen molar-refractivity contribution in [2.75, 3.05) is 31.1 Å². The second-order valence-corrected chi connectivity index (χ2v) is 6.49. The van der Waals surface area contributed by atoms with Crippen LogP contribution in [0.5, 0.6) is 5.75 Å². The van der Waals surface area contributed by atoms with Crippen LogP contribution in [-0.2, 0) is 4.79 Å². The van der Waals surface area contributed by atoms with Gasteiger partial charge in [-0.1, -0.05) is 18.2 Å². The van der Waals surface area contributed by atoms with Gasteiger partial charge in [0.25, 0.3) is 5.91 Å². The van der Waals surface area contributed by atoms with Gasteiger partial charge in [0, 0.05) is 37.4 Å². The number of nitrogens with zero attached hydrogens (tertiary/aromatic N) is 2. The highest BCUT2D eigenvalue weighted by atomic mass is 16.5. The van der Waals surface area contributed by atoms with Crippen LogP contribution in [0.3, 0.4) is 0 Å². The van der Waals surface area contributed by atoms with Gasteiger partial charge in [0.05, 0.1) is 0 Å². The van der Waals surface area contributed by atoms with E-state index < -0.39 is 6.10 Å². The molecule has 5 heteroatoms. The number of ether oxygens (including phenoxy) is 1. The molecule has 2 aromatic carbocycles.